The second-order valence-electron chi connectivity index (χ2n) is 10.3. The van der Waals surface area contributed by atoms with E-state index in [1.807, 2.05) is 0 Å². The average molecular weight is 330 g/mol. The summed E-state index contributed by atoms with van der Waals surface area (Å²) in [6.45, 7) is 7.50. The first kappa shape index (κ1) is 17.1. The minimum atomic E-state index is 0.412. The Labute approximate surface area is 149 Å². The van der Waals surface area contributed by atoms with E-state index >= 15 is 0 Å². The Morgan fingerprint density at radius 3 is 2.46 bits per heavy atom. The second-order valence-corrected chi connectivity index (χ2v) is 10.3. The lowest BCUT2D eigenvalue weighted by atomic mass is 9.44. The van der Waals surface area contributed by atoms with Gasteiger partial charge in [-0.05, 0) is 92.8 Å². The number of allylic oxidation sites excluding steroid dienone is 1. The molecule has 4 rings (SSSR count). The van der Waals surface area contributed by atoms with Crippen molar-refractivity contribution in [3.05, 3.63) is 11.6 Å². The normalized spacial score (nSPS) is 53.7. The summed E-state index contributed by atoms with van der Waals surface area (Å²) in [6, 6.07) is 0.412. The van der Waals surface area contributed by atoms with Crippen LogP contribution in [0.4, 0.5) is 0 Å². The minimum absolute atomic E-state index is 0.412. The van der Waals surface area contributed by atoms with E-state index in [1.54, 1.807) is 5.57 Å². The van der Waals surface area contributed by atoms with Crippen LogP contribution in [-0.2, 0) is 0 Å². The fraction of sp³-hybridized carbons (Fsp3) is 0.913. The number of hydrogen-bond donors (Lipinski definition) is 1. The summed E-state index contributed by atoms with van der Waals surface area (Å²) >= 11 is 0. The summed E-state index contributed by atoms with van der Waals surface area (Å²) < 4.78 is 0. The van der Waals surface area contributed by atoms with Gasteiger partial charge >= 0.3 is 0 Å². The molecule has 0 bridgehead atoms. The van der Waals surface area contributed by atoms with Crippen molar-refractivity contribution in [2.75, 3.05) is 0 Å². The van der Waals surface area contributed by atoms with E-state index in [0.29, 0.717) is 16.9 Å². The molecule has 0 amide bonds. The Bertz CT molecular complexity index is 508. The lowest BCUT2D eigenvalue weighted by Gasteiger charge is -2.61. The number of nitrogens with two attached hydrogens (primary N) is 1. The van der Waals surface area contributed by atoms with Crippen molar-refractivity contribution in [3.8, 4) is 0 Å². The molecular formula is C23H39N. The van der Waals surface area contributed by atoms with Crippen LogP contribution in [0.25, 0.3) is 0 Å². The number of rotatable bonds is 0. The third-order valence-corrected chi connectivity index (χ3v) is 9.23. The van der Waals surface area contributed by atoms with E-state index < -0.39 is 0 Å². The number of fused-ring (bicyclic) bond motifs is 5. The van der Waals surface area contributed by atoms with Gasteiger partial charge in [0.2, 0.25) is 0 Å². The van der Waals surface area contributed by atoms with Gasteiger partial charge in [-0.25, -0.2) is 0 Å². The van der Waals surface area contributed by atoms with Crippen molar-refractivity contribution in [2.24, 2.45) is 40.2 Å². The van der Waals surface area contributed by atoms with Gasteiger partial charge in [0.1, 0.15) is 0 Å². The summed E-state index contributed by atoms with van der Waals surface area (Å²) in [4.78, 5) is 0. The van der Waals surface area contributed by atoms with E-state index in [4.69, 9.17) is 5.73 Å². The molecule has 4 aliphatic carbocycles. The van der Waals surface area contributed by atoms with Crippen molar-refractivity contribution >= 4 is 0 Å². The quantitative estimate of drug-likeness (QED) is 0.535. The highest BCUT2D eigenvalue weighted by Gasteiger charge is 2.56. The van der Waals surface area contributed by atoms with Crippen LogP contribution in [0, 0.1) is 34.5 Å². The van der Waals surface area contributed by atoms with Gasteiger partial charge in [-0.2, -0.15) is 0 Å². The first-order chi connectivity index (χ1) is 11.5. The molecule has 4 saturated carbocycles. The molecule has 4 aliphatic rings. The maximum Gasteiger partial charge on any atom is 0.00793 e. The molecule has 0 aromatic heterocycles. The Morgan fingerprint density at radius 2 is 1.67 bits per heavy atom. The van der Waals surface area contributed by atoms with E-state index in [0.717, 1.165) is 30.1 Å². The molecule has 0 aromatic rings. The lowest BCUT2D eigenvalue weighted by Crippen LogP contribution is -2.54. The predicted octanol–water partition coefficient (Wildman–Crippen LogP) is 6.08. The smallest absolute Gasteiger partial charge is 0.00793 e. The molecule has 0 saturated heterocycles. The van der Waals surface area contributed by atoms with Crippen LogP contribution in [0.15, 0.2) is 11.6 Å². The van der Waals surface area contributed by atoms with Gasteiger partial charge in [-0.15, -0.1) is 0 Å². The molecule has 0 spiro atoms. The Hall–Kier alpha value is -0.300. The van der Waals surface area contributed by atoms with Crippen molar-refractivity contribution in [2.45, 2.75) is 97.4 Å². The Balaban J connectivity index is 1.65. The van der Waals surface area contributed by atoms with Crippen LogP contribution in [0.5, 0.6) is 0 Å². The second kappa shape index (κ2) is 6.15. The molecule has 4 fully saturated rings. The molecule has 1 nitrogen and oxygen atoms in total. The van der Waals surface area contributed by atoms with E-state index in [2.05, 4.69) is 26.8 Å². The molecule has 24 heavy (non-hydrogen) atoms. The first-order valence-corrected chi connectivity index (χ1v) is 10.9. The fourth-order valence-corrected chi connectivity index (χ4v) is 7.90. The van der Waals surface area contributed by atoms with Crippen molar-refractivity contribution in [3.63, 3.8) is 0 Å². The molecule has 0 heterocycles. The minimum Gasteiger partial charge on any atom is -0.327 e. The zero-order valence-corrected chi connectivity index (χ0v) is 16.3. The highest BCUT2D eigenvalue weighted by Crippen LogP contribution is 2.64. The van der Waals surface area contributed by atoms with Crippen LogP contribution < -0.4 is 5.73 Å². The Kier molecular flexibility index (Phi) is 4.39. The topological polar surface area (TPSA) is 26.0 Å². The highest BCUT2D eigenvalue weighted by molar-refractivity contribution is 5.22. The van der Waals surface area contributed by atoms with Gasteiger partial charge in [0.05, 0.1) is 0 Å². The fourth-order valence-electron chi connectivity index (χ4n) is 7.90. The van der Waals surface area contributed by atoms with Gasteiger partial charge in [0.15, 0.2) is 0 Å². The summed E-state index contributed by atoms with van der Waals surface area (Å²) in [5.41, 5.74) is 9.34. The van der Waals surface area contributed by atoms with Gasteiger partial charge in [-0.3, -0.25) is 0 Å². The lowest BCUT2D eigenvalue weighted by molar-refractivity contribution is -0.0843. The maximum atomic E-state index is 6.53. The van der Waals surface area contributed by atoms with Crippen molar-refractivity contribution in [1.29, 1.82) is 0 Å². The molecular weight excluding hydrogens is 290 g/mol. The van der Waals surface area contributed by atoms with E-state index in [1.165, 1.54) is 64.2 Å². The summed E-state index contributed by atoms with van der Waals surface area (Å²) in [6.07, 6.45) is 18.2. The van der Waals surface area contributed by atoms with Crippen LogP contribution in [-0.4, -0.2) is 6.04 Å². The Morgan fingerprint density at radius 1 is 0.917 bits per heavy atom. The molecule has 136 valence electrons. The van der Waals surface area contributed by atoms with Gasteiger partial charge in [-0.1, -0.05) is 44.8 Å². The summed E-state index contributed by atoms with van der Waals surface area (Å²) in [5.74, 6) is 3.83. The van der Waals surface area contributed by atoms with Crippen molar-refractivity contribution in [1.82, 2.24) is 0 Å². The molecule has 0 radical (unpaired) electrons. The number of hydrogen-bond acceptors (Lipinski definition) is 1. The van der Waals surface area contributed by atoms with Gasteiger partial charge in [0.25, 0.3) is 0 Å². The zero-order chi connectivity index (χ0) is 16.9. The van der Waals surface area contributed by atoms with Gasteiger partial charge < -0.3 is 5.73 Å². The van der Waals surface area contributed by atoms with Crippen LogP contribution in [0.1, 0.15) is 91.4 Å². The van der Waals surface area contributed by atoms with Crippen LogP contribution in [0.3, 0.4) is 0 Å². The predicted molar refractivity (Wildman–Crippen MR) is 103 cm³/mol. The van der Waals surface area contributed by atoms with Crippen molar-refractivity contribution < 1.29 is 0 Å². The third kappa shape index (κ3) is 2.52. The SMILES string of the molecule is C/C=C1/CC(N)CC2C3CC[C@]4(C)CCCCCC4C3CCC12C. The molecule has 1 heteroatoms. The monoisotopic (exact) mass is 329 g/mol. The standard InChI is InChI=1S/C23H39N/c1-4-16-14-17(24)15-21-19-9-12-22(2)11-7-5-6-8-20(22)18(19)10-13-23(16,21)3/h4,17-21H,5-15,24H2,1-3H3/b16-4-/t17?,18?,19?,20?,21?,22-,23?/m0/s1. The summed E-state index contributed by atoms with van der Waals surface area (Å²) in [5, 5.41) is 0. The van der Waals surface area contributed by atoms with E-state index in [9.17, 15) is 0 Å². The molecule has 0 aromatic carbocycles. The highest BCUT2D eigenvalue weighted by atomic mass is 14.7. The molecule has 7 atom stereocenters. The zero-order valence-electron chi connectivity index (χ0n) is 16.3. The maximum absolute atomic E-state index is 6.53. The largest absolute Gasteiger partial charge is 0.327 e. The first-order valence-electron chi connectivity index (χ1n) is 10.9. The summed E-state index contributed by atoms with van der Waals surface area (Å²) in [7, 11) is 0. The molecule has 2 N–H and O–H groups in total. The van der Waals surface area contributed by atoms with E-state index in [-0.39, 0.29) is 0 Å². The van der Waals surface area contributed by atoms with Gasteiger partial charge in [0, 0.05) is 6.04 Å². The average Bonchev–Trinajstić information content (AvgIpc) is 2.76. The van der Waals surface area contributed by atoms with Crippen LogP contribution in [0.2, 0.25) is 0 Å². The molecule has 6 unspecified atom stereocenters. The molecule has 0 aliphatic heterocycles. The van der Waals surface area contributed by atoms with Crippen LogP contribution >= 0.6 is 0 Å². The third-order valence-electron chi connectivity index (χ3n) is 9.23.